The number of nitrogens with zero attached hydrogens (tertiary/aromatic N) is 3. The third-order valence-electron chi connectivity index (χ3n) is 5.31. The van der Waals surface area contributed by atoms with Crippen molar-refractivity contribution in [3.8, 4) is 0 Å². The van der Waals surface area contributed by atoms with Crippen LogP contribution in [0.4, 0.5) is 4.79 Å². The van der Waals surface area contributed by atoms with Crippen LogP contribution >= 0.6 is 20.1 Å². The number of halogens is 1. The van der Waals surface area contributed by atoms with Crippen LogP contribution in [0.1, 0.15) is 48.4 Å². The van der Waals surface area contributed by atoms with E-state index >= 15 is 0 Å². The normalized spacial score (nSPS) is 11.6. The summed E-state index contributed by atoms with van der Waals surface area (Å²) in [5.74, 6) is -4.96. The Balaban J connectivity index is 2.58. The second-order valence-electron chi connectivity index (χ2n) is 9.58. The van der Waals surface area contributed by atoms with Crippen molar-refractivity contribution < 1.29 is 47.5 Å². The molecule has 0 fully saturated rings. The van der Waals surface area contributed by atoms with Gasteiger partial charge in [-0.1, -0.05) is 29.8 Å². The number of hydrogen-bond acceptors (Lipinski definition) is 10. The number of hydrazine groups is 1. The first-order chi connectivity index (χ1) is 19.7. The summed E-state index contributed by atoms with van der Waals surface area (Å²) in [6, 6.07) is 13.1. The summed E-state index contributed by atoms with van der Waals surface area (Å²) in [4.78, 5) is 78.7. The lowest BCUT2D eigenvalue weighted by Crippen LogP contribution is -2.61. The number of carbonyl (C=O) groups excluding carboxylic acids is 6. The van der Waals surface area contributed by atoms with Gasteiger partial charge in [0.25, 0.3) is 11.8 Å². The highest BCUT2D eigenvalue weighted by molar-refractivity contribution is 7.23. The van der Waals surface area contributed by atoms with Crippen molar-refractivity contribution in [1.29, 1.82) is 0 Å². The molecule has 0 saturated carbocycles. The van der Waals surface area contributed by atoms with E-state index < -0.39 is 68.9 Å². The molecule has 2 rings (SSSR count). The van der Waals surface area contributed by atoms with E-state index in [2.05, 4.69) is 0 Å². The predicted molar refractivity (Wildman–Crippen MR) is 148 cm³/mol. The lowest BCUT2D eigenvalue weighted by molar-refractivity contribution is -0.193. The van der Waals surface area contributed by atoms with Crippen LogP contribution < -0.4 is 0 Å². The topological polar surface area (TPSA) is 157 Å². The van der Waals surface area contributed by atoms with Crippen LogP contribution in [0.5, 0.6) is 0 Å². The molecule has 42 heavy (non-hydrogen) atoms. The average molecular weight is 622 g/mol. The van der Waals surface area contributed by atoms with E-state index in [0.29, 0.717) is 5.01 Å². The summed E-state index contributed by atoms with van der Waals surface area (Å²) in [7, 11) is 0.668. The Hall–Kier alpha value is -4.35. The SMILES string of the molecule is CC(=O)N(C)CC(=O)OC(OC(=O)N(C(=O)c1ccc(Cl)cc1)N(C(=O)c1ccccc1)C(C)(C)C)C(=O)OCP=O. The summed E-state index contributed by atoms with van der Waals surface area (Å²) in [5, 5.41) is 1.47. The van der Waals surface area contributed by atoms with Crippen molar-refractivity contribution in [3.05, 3.63) is 70.7 Å². The molecule has 2 aromatic rings. The van der Waals surface area contributed by atoms with Gasteiger partial charge in [-0.3, -0.25) is 23.7 Å². The van der Waals surface area contributed by atoms with E-state index in [9.17, 15) is 33.3 Å². The molecule has 0 bridgehead atoms. The first-order valence-corrected chi connectivity index (χ1v) is 13.6. The van der Waals surface area contributed by atoms with E-state index in [-0.39, 0.29) is 16.1 Å². The van der Waals surface area contributed by atoms with Gasteiger partial charge in [-0.15, -0.1) is 5.01 Å². The van der Waals surface area contributed by atoms with Crippen LogP contribution in [0.25, 0.3) is 0 Å². The molecular formula is C27H29ClN3O10P. The molecule has 224 valence electrons. The molecule has 0 spiro atoms. The van der Waals surface area contributed by atoms with Gasteiger partial charge in [0.15, 0.2) is 14.8 Å². The minimum atomic E-state index is -2.40. The first kappa shape index (κ1) is 33.9. The number of likely N-dealkylation sites (N-methyl/N-ethyl adjacent to an activating group) is 1. The van der Waals surface area contributed by atoms with Gasteiger partial charge < -0.3 is 19.1 Å². The molecule has 0 aliphatic heterocycles. The number of benzene rings is 2. The number of rotatable bonds is 9. The Labute approximate surface area is 248 Å². The van der Waals surface area contributed by atoms with Crippen LogP contribution in [-0.2, 0) is 33.2 Å². The first-order valence-electron chi connectivity index (χ1n) is 12.2. The fourth-order valence-corrected chi connectivity index (χ4v) is 3.56. The largest absolute Gasteiger partial charge is 0.448 e. The van der Waals surface area contributed by atoms with Gasteiger partial charge in [0.1, 0.15) is 6.54 Å². The quantitative estimate of drug-likeness (QED) is 0.174. The molecule has 0 radical (unpaired) electrons. The van der Waals surface area contributed by atoms with Crippen molar-refractivity contribution in [2.24, 2.45) is 0 Å². The number of imide groups is 1. The van der Waals surface area contributed by atoms with E-state index in [1.807, 2.05) is 0 Å². The summed E-state index contributed by atoms with van der Waals surface area (Å²) < 4.78 is 25.6. The molecule has 1 unspecified atom stereocenters. The van der Waals surface area contributed by atoms with E-state index in [0.717, 1.165) is 9.91 Å². The van der Waals surface area contributed by atoms with Crippen LogP contribution in [0.3, 0.4) is 0 Å². The molecule has 0 N–H and O–H groups in total. The standard InChI is InChI=1S/C27H29ClN3O10P/c1-17(32)29(5)15-21(33)40-25(24(36)39-16-42-38)41-26(37)30(22(34)19-11-13-20(28)14-12-19)31(27(2,3)4)23(35)18-9-7-6-8-10-18/h6-14,25H,15-16H2,1-5H3. The summed E-state index contributed by atoms with van der Waals surface area (Å²) >= 11 is 5.95. The molecule has 0 aromatic heterocycles. The number of esters is 2. The molecule has 13 nitrogen and oxygen atoms in total. The Morgan fingerprint density at radius 3 is 1.98 bits per heavy atom. The van der Waals surface area contributed by atoms with Crippen molar-refractivity contribution in [2.75, 3.05) is 19.9 Å². The van der Waals surface area contributed by atoms with Gasteiger partial charge >= 0.3 is 24.3 Å². The van der Waals surface area contributed by atoms with E-state index in [1.165, 1.54) is 50.4 Å². The minimum Gasteiger partial charge on any atom is -0.448 e. The molecular weight excluding hydrogens is 593 g/mol. The molecule has 0 saturated heterocycles. The average Bonchev–Trinajstić information content (AvgIpc) is 2.93. The van der Waals surface area contributed by atoms with Crippen molar-refractivity contribution >= 4 is 55.8 Å². The second-order valence-corrected chi connectivity index (χ2v) is 10.5. The molecule has 0 aliphatic carbocycles. The smallest absolute Gasteiger partial charge is 0.440 e. The third-order valence-corrected chi connectivity index (χ3v) is 5.79. The fourth-order valence-electron chi connectivity index (χ4n) is 3.25. The molecule has 2 aromatic carbocycles. The monoisotopic (exact) mass is 621 g/mol. The number of amides is 4. The van der Waals surface area contributed by atoms with Gasteiger partial charge in [-0.05, 0) is 57.2 Å². The van der Waals surface area contributed by atoms with Gasteiger partial charge in [-0.2, -0.15) is 0 Å². The maximum atomic E-state index is 13.8. The van der Waals surface area contributed by atoms with Gasteiger partial charge in [0, 0.05) is 30.1 Å². The summed E-state index contributed by atoms with van der Waals surface area (Å²) in [6.07, 6.45) is -4.67. The zero-order chi connectivity index (χ0) is 31.6. The van der Waals surface area contributed by atoms with E-state index in [4.69, 9.17) is 25.8 Å². The van der Waals surface area contributed by atoms with Crippen LogP contribution in [0.2, 0.25) is 5.02 Å². The zero-order valence-electron chi connectivity index (χ0n) is 23.4. The van der Waals surface area contributed by atoms with Gasteiger partial charge in [0.2, 0.25) is 5.91 Å². The Bertz CT molecular complexity index is 1330. The lowest BCUT2D eigenvalue weighted by Gasteiger charge is -2.41. The predicted octanol–water partition coefficient (Wildman–Crippen LogP) is 3.91. The Morgan fingerprint density at radius 2 is 1.45 bits per heavy atom. The van der Waals surface area contributed by atoms with E-state index in [1.54, 1.807) is 39.0 Å². The molecule has 4 amide bonds. The highest BCUT2D eigenvalue weighted by Gasteiger charge is 2.43. The van der Waals surface area contributed by atoms with Crippen molar-refractivity contribution in [1.82, 2.24) is 14.9 Å². The zero-order valence-corrected chi connectivity index (χ0v) is 25.1. The lowest BCUT2D eigenvalue weighted by atomic mass is 10.1. The van der Waals surface area contributed by atoms with Crippen LogP contribution in [-0.4, -0.2) is 82.4 Å². The van der Waals surface area contributed by atoms with Crippen LogP contribution in [0.15, 0.2) is 54.6 Å². The summed E-state index contributed by atoms with van der Waals surface area (Å²) in [5.41, 5.74) is -1.22. The highest BCUT2D eigenvalue weighted by atomic mass is 35.5. The summed E-state index contributed by atoms with van der Waals surface area (Å²) in [6.45, 7) is 5.17. The molecule has 0 aliphatic rings. The molecule has 15 heteroatoms. The Morgan fingerprint density at radius 1 is 0.881 bits per heavy atom. The maximum Gasteiger partial charge on any atom is 0.440 e. The van der Waals surface area contributed by atoms with Gasteiger partial charge in [0.05, 0.1) is 5.54 Å². The second kappa shape index (κ2) is 15.0. The highest BCUT2D eigenvalue weighted by Crippen LogP contribution is 2.24. The number of carbonyl (C=O) groups is 6. The number of hydrogen-bond donors (Lipinski definition) is 0. The third kappa shape index (κ3) is 9.35. The van der Waals surface area contributed by atoms with Crippen LogP contribution in [0, 0.1) is 0 Å². The Kier molecular flexibility index (Phi) is 12.1. The maximum absolute atomic E-state index is 13.8. The fraction of sp³-hybridized carbons (Fsp3) is 0.333. The van der Waals surface area contributed by atoms with Gasteiger partial charge in [-0.25, -0.2) is 14.6 Å². The van der Waals surface area contributed by atoms with Crippen molar-refractivity contribution in [2.45, 2.75) is 39.5 Å². The molecule has 0 heterocycles. The molecule has 1 atom stereocenters. The minimum absolute atomic E-state index is 0.0872. The van der Waals surface area contributed by atoms with Crippen molar-refractivity contribution in [3.63, 3.8) is 0 Å². The number of ether oxygens (including phenoxy) is 3.